The van der Waals surface area contributed by atoms with Gasteiger partial charge in [-0.05, 0) is 35.4 Å². The summed E-state index contributed by atoms with van der Waals surface area (Å²) in [5.74, 6) is -0.476. The van der Waals surface area contributed by atoms with Crippen molar-refractivity contribution in [3.63, 3.8) is 0 Å². The fourth-order valence-electron chi connectivity index (χ4n) is 2.21. The van der Waals surface area contributed by atoms with Crippen LogP contribution in [0.5, 0.6) is 0 Å². The third-order valence-corrected chi connectivity index (χ3v) is 3.24. The Kier molecular flexibility index (Phi) is 3.48. The van der Waals surface area contributed by atoms with E-state index >= 15 is 0 Å². The fraction of sp³-hybridized carbons (Fsp3) is 0. The number of amides is 1. The van der Waals surface area contributed by atoms with Crippen LogP contribution in [0.4, 0.5) is 0 Å². The van der Waals surface area contributed by atoms with E-state index in [1.807, 2.05) is 42.5 Å². The molecule has 1 aromatic heterocycles. The molecule has 0 radical (unpaired) electrons. The second-order valence-electron chi connectivity index (χ2n) is 4.75. The first kappa shape index (κ1) is 13.1. The minimum absolute atomic E-state index is 0.476. The van der Waals surface area contributed by atoms with E-state index in [4.69, 9.17) is 5.73 Å². The Labute approximate surface area is 122 Å². The number of nitrogens with two attached hydrogens (primary N) is 1. The molecule has 2 aromatic carbocycles. The first-order valence-corrected chi connectivity index (χ1v) is 6.66. The van der Waals surface area contributed by atoms with E-state index in [0.717, 1.165) is 16.5 Å². The molecule has 0 aliphatic heterocycles. The van der Waals surface area contributed by atoms with Gasteiger partial charge in [0.2, 0.25) is 5.91 Å². The summed E-state index contributed by atoms with van der Waals surface area (Å²) >= 11 is 0. The highest BCUT2D eigenvalue weighted by atomic mass is 16.1. The quantitative estimate of drug-likeness (QED) is 0.744. The molecule has 3 rings (SSSR count). The summed E-state index contributed by atoms with van der Waals surface area (Å²) in [6, 6.07) is 20.2. The van der Waals surface area contributed by atoms with E-state index in [2.05, 4.69) is 23.2 Å². The first-order valence-electron chi connectivity index (χ1n) is 6.66. The van der Waals surface area contributed by atoms with Crippen molar-refractivity contribution >= 4 is 22.9 Å². The molecule has 1 amide bonds. The fourth-order valence-corrected chi connectivity index (χ4v) is 2.21. The molecule has 21 heavy (non-hydrogen) atoms. The van der Waals surface area contributed by atoms with Crippen molar-refractivity contribution in [3.05, 3.63) is 72.4 Å². The Morgan fingerprint density at radius 1 is 0.952 bits per heavy atom. The Bertz CT molecular complexity index is 823. The van der Waals surface area contributed by atoms with E-state index in [1.54, 1.807) is 6.08 Å². The van der Waals surface area contributed by atoms with Crippen LogP contribution in [-0.4, -0.2) is 10.9 Å². The lowest BCUT2D eigenvalue weighted by Crippen LogP contribution is -2.05. The molecule has 3 heteroatoms. The van der Waals surface area contributed by atoms with Crippen molar-refractivity contribution in [1.82, 2.24) is 4.98 Å². The van der Waals surface area contributed by atoms with Crippen LogP contribution in [-0.2, 0) is 4.79 Å². The molecule has 0 spiro atoms. The van der Waals surface area contributed by atoms with E-state index in [-0.39, 0.29) is 0 Å². The molecule has 0 bridgehead atoms. The first-order chi connectivity index (χ1) is 10.2. The van der Waals surface area contributed by atoms with Crippen LogP contribution in [0.15, 0.2) is 66.7 Å². The lowest BCUT2D eigenvalue weighted by molar-refractivity contribution is -0.113. The molecular formula is C18H14N2O. The summed E-state index contributed by atoms with van der Waals surface area (Å²) < 4.78 is 0. The van der Waals surface area contributed by atoms with Crippen LogP contribution in [0.1, 0.15) is 5.69 Å². The van der Waals surface area contributed by atoms with Gasteiger partial charge in [-0.15, -0.1) is 0 Å². The maximum absolute atomic E-state index is 10.7. The molecule has 2 N–H and O–H groups in total. The van der Waals surface area contributed by atoms with Gasteiger partial charge in [0, 0.05) is 11.5 Å². The van der Waals surface area contributed by atoms with Gasteiger partial charge in [0.05, 0.1) is 11.2 Å². The zero-order chi connectivity index (χ0) is 14.7. The number of rotatable bonds is 3. The minimum Gasteiger partial charge on any atom is -0.366 e. The van der Waals surface area contributed by atoms with Crippen LogP contribution in [0.3, 0.4) is 0 Å². The lowest BCUT2D eigenvalue weighted by Gasteiger charge is -2.04. The van der Waals surface area contributed by atoms with E-state index in [1.165, 1.54) is 11.6 Å². The van der Waals surface area contributed by atoms with Gasteiger partial charge >= 0.3 is 0 Å². The van der Waals surface area contributed by atoms with Crippen LogP contribution in [0.2, 0.25) is 0 Å². The van der Waals surface area contributed by atoms with Gasteiger partial charge in [-0.25, -0.2) is 4.98 Å². The van der Waals surface area contributed by atoms with E-state index in [0.29, 0.717) is 5.69 Å². The van der Waals surface area contributed by atoms with Gasteiger partial charge in [0.25, 0.3) is 0 Å². The van der Waals surface area contributed by atoms with Gasteiger partial charge < -0.3 is 5.73 Å². The summed E-state index contributed by atoms with van der Waals surface area (Å²) in [5.41, 5.74) is 9.03. The SMILES string of the molecule is NC(=O)C=Cc1ccc2cc(-c3ccccc3)ccc2n1. The Morgan fingerprint density at radius 3 is 2.52 bits per heavy atom. The van der Waals surface area contributed by atoms with Gasteiger partial charge in [0.1, 0.15) is 0 Å². The highest BCUT2D eigenvalue weighted by Gasteiger charge is 2.01. The number of fused-ring (bicyclic) bond motifs is 1. The molecule has 1 heterocycles. The number of primary amides is 1. The van der Waals surface area contributed by atoms with Crippen molar-refractivity contribution in [3.8, 4) is 11.1 Å². The summed E-state index contributed by atoms with van der Waals surface area (Å²) in [4.78, 5) is 15.2. The Balaban J connectivity index is 2.00. The van der Waals surface area contributed by atoms with Crippen molar-refractivity contribution in [2.75, 3.05) is 0 Å². The molecule has 3 nitrogen and oxygen atoms in total. The van der Waals surface area contributed by atoms with Crippen LogP contribution < -0.4 is 5.73 Å². The molecule has 0 unspecified atom stereocenters. The monoisotopic (exact) mass is 274 g/mol. The largest absolute Gasteiger partial charge is 0.366 e. The van der Waals surface area contributed by atoms with Crippen molar-refractivity contribution in [2.24, 2.45) is 5.73 Å². The smallest absolute Gasteiger partial charge is 0.241 e. The average Bonchev–Trinajstić information content (AvgIpc) is 2.53. The zero-order valence-corrected chi connectivity index (χ0v) is 11.4. The number of hydrogen-bond acceptors (Lipinski definition) is 2. The number of carbonyl (C=O) groups excluding carboxylic acids is 1. The molecule has 0 aliphatic rings. The normalized spacial score (nSPS) is 11.0. The lowest BCUT2D eigenvalue weighted by atomic mass is 10.0. The predicted octanol–water partition coefficient (Wildman–Crippen LogP) is 3.40. The second-order valence-corrected chi connectivity index (χ2v) is 4.75. The average molecular weight is 274 g/mol. The topological polar surface area (TPSA) is 56.0 Å². The number of nitrogens with zero attached hydrogens (tertiary/aromatic N) is 1. The number of pyridine rings is 1. The van der Waals surface area contributed by atoms with E-state index in [9.17, 15) is 4.79 Å². The van der Waals surface area contributed by atoms with Crippen LogP contribution >= 0.6 is 0 Å². The molecule has 0 saturated carbocycles. The molecule has 102 valence electrons. The summed E-state index contributed by atoms with van der Waals surface area (Å²) in [7, 11) is 0. The highest BCUT2D eigenvalue weighted by Crippen LogP contribution is 2.23. The molecular weight excluding hydrogens is 260 g/mol. The van der Waals surface area contributed by atoms with Crippen molar-refractivity contribution < 1.29 is 4.79 Å². The standard InChI is InChI=1S/C18H14N2O/c19-18(21)11-9-16-8-6-15-12-14(7-10-17(15)20-16)13-4-2-1-3-5-13/h1-12H,(H2,19,21). The molecule has 0 saturated heterocycles. The predicted molar refractivity (Wildman–Crippen MR) is 85.4 cm³/mol. The molecule has 0 aliphatic carbocycles. The second kappa shape index (κ2) is 5.59. The van der Waals surface area contributed by atoms with Gasteiger partial charge in [-0.2, -0.15) is 0 Å². The maximum atomic E-state index is 10.7. The number of hydrogen-bond donors (Lipinski definition) is 1. The molecule has 0 atom stereocenters. The Hall–Kier alpha value is -2.94. The molecule has 3 aromatic rings. The number of aromatic nitrogens is 1. The van der Waals surface area contributed by atoms with Gasteiger partial charge in [0.15, 0.2) is 0 Å². The molecule has 0 fully saturated rings. The maximum Gasteiger partial charge on any atom is 0.241 e. The summed E-state index contributed by atoms with van der Waals surface area (Å²) in [6.07, 6.45) is 2.93. The Morgan fingerprint density at radius 2 is 1.76 bits per heavy atom. The van der Waals surface area contributed by atoms with Crippen LogP contribution in [0.25, 0.3) is 28.1 Å². The van der Waals surface area contributed by atoms with Gasteiger partial charge in [-0.1, -0.05) is 42.5 Å². The minimum atomic E-state index is -0.476. The third-order valence-electron chi connectivity index (χ3n) is 3.24. The zero-order valence-electron chi connectivity index (χ0n) is 11.4. The van der Waals surface area contributed by atoms with Crippen molar-refractivity contribution in [1.29, 1.82) is 0 Å². The van der Waals surface area contributed by atoms with E-state index < -0.39 is 5.91 Å². The highest BCUT2D eigenvalue weighted by molar-refractivity contribution is 5.91. The third kappa shape index (κ3) is 2.98. The number of carbonyl (C=O) groups is 1. The summed E-state index contributed by atoms with van der Waals surface area (Å²) in [5, 5.41) is 1.06. The number of benzene rings is 2. The van der Waals surface area contributed by atoms with Crippen molar-refractivity contribution in [2.45, 2.75) is 0 Å². The van der Waals surface area contributed by atoms with Gasteiger partial charge in [-0.3, -0.25) is 4.79 Å². The van der Waals surface area contributed by atoms with Crippen LogP contribution in [0, 0.1) is 0 Å². The summed E-state index contributed by atoms with van der Waals surface area (Å²) in [6.45, 7) is 0.